The molecule has 0 atom stereocenters. The Balaban J connectivity index is 1.91. The van der Waals surface area contributed by atoms with Crippen LogP contribution >= 0.6 is 0 Å². The van der Waals surface area contributed by atoms with Crippen LogP contribution in [0.3, 0.4) is 0 Å². The molecule has 180 valence electrons. The molecule has 5 nitrogen and oxygen atoms in total. The molecule has 0 aliphatic carbocycles. The van der Waals surface area contributed by atoms with Gasteiger partial charge in [0.15, 0.2) is 23.2 Å². The number of fused-ring (bicyclic) bond motifs is 1. The molecule has 0 saturated carbocycles. The Labute approximate surface area is 196 Å². The van der Waals surface area contributed by atoms with Crippen molar-refractivity contribution in [1.82, 2.24) is 4.57 Å². The highest BCUT2D eigenvalue weighted by Crippen LogP contribution is 2.47. The van der Waals surface area contributed by atoms with Crippen LogP contribution in [0.1, 0.15) is 34.8 Å². The zero-order chi connectivity index (χ0) is 24.9. The summed E-state index contributed by atoms with van der Waals surface area (Å²) in [4.78, 5) is 11.3. The van der Waals surface area contributed by atoms with Gasteiger partial charge in [0.05, 0.1) is 16.5 Å². The van der Waals surface area contributed by atoms with Crippen LogP contribution in [0.5, 0.6) is 5.75 Å². The molecular weight excluding hydrogens is 466 g/mol. The average Bonchev–Trinajstić information content (AvgIpc) is 3.19. The number of carboxylic acid groups (broad SMARTS) is 1. The second-order valence-corrected chi connectivity index (χ2v) is 8.37. The number of phenolic OH excluding ortho intramolecular Hbond substituents is 1. The van der Waals surface area contributed by atoms with Crippen molar-refractivity contribution in [3.63, 3.8) is 0 Å². The Morgan fingerprint density at radius 2 is 1.60 bits per heavy atom. The lowest BCUT2D eigenvalue weighted by Crippen LogP contribution is -2.17. The van der Waals surface area contributed by atoms with Crippen molar-refractivity contribution in [3.05, 3.63) is 83.1 Å². The van der Waals surface area contributed by atoms with Gasteiger partial charge in [-0.1, -0.05) is 6.07 Å². The Kier molecular flexibility index (Phi) is 5.72. The second-order valence-electron chi connectivity index (χ2n) is 8.37. The molecule has 9 heteroatoms. The summed E-state index contributed by atoms with van der Waals surface area (Å²) >= 11 is 0. The summed E-state index contributed by atoms with van der Waals surface area (Å²) < 4.78 is 64.4. The smallest absolute Gasteiger partial charge is 0.338 e. The lowest BCUT2D eigenvalue weighted by atomic mass is 9.89. The Morgan fingerprint density at radius 3 is 2.26 bits per heavy atom. The minimum Gasteiger partial charge on any atom is -0.504 e. The summed E-state index contributed by atoms with van der Waals surface area (Å²) in [7, 11) is 0. The standard InChI is InChI=1S/C26H19F4NO4/c27-17-4-2-15(12-20(17)30)31-21-6-5-18(28)25(32)23(21)22(24(31)13-7-9-35-10-8-13)14-1-3-16(26(33)34)19(29)11-14/h1-6,11-13,32H,7-10H2,(H,33,34). The van der Waals surface area contributed by atoms with Crippen LogP contribution < -0.4 is 0 Å². The molecule has 0 radical (unpaired) electrons. The number of ether oxygens (including phenoxy) is 1. The number of phenols is 1. The van der Waals surface area contributed by atoms with Crippen molar-refractivity contribution in [2.75, 3.05) is 13.2 Å². The molecule has 0 spiro atoms. The van der Waals surface area contributed by atoms with Crippen molar-refractivity contribution in [2.24, 2.45) is 0 Å². The summed E-state index contributed by atoms with van der Waals surface area (Å²) in [6, 6.07) is 9.27. The van der Waals surface area contributed by atoms with Gasteiger partial charge in [-0.3, -0.25) is 0 Å². The first kappa shape index (κ1) is 22.9. The van der Waals surface area contributed by atoms with Crippen LogP contribution in [0.15, 0.2) is 48.5 Å². The van der Waals surface area contributed by atoms with Gasteiger partial charge in [0.1, 0.15) is 5.82 Å². The van der Waals surface area contributed by atoms with Gasteiger partial charge in [-0.2, -0.15) is 0 Å². The van der Waals surface area contributed by atoms with Gasteiger partial charge in [0.25, 0.3) is 0 Å². The number of halogens is 4. The fraction of sp³-hybridized carbons (Fsp3) is 0.192. The zero-order valence-electron chi connectivity index (χ0n) is 18.2. The Bertz CT molecular complexity index is 1470. The van der Waals surface area contributed by atoms with Gasteiger partial charge in [0.2, 0.25) is 0 Å². The van der Waals surface area contributed by atoms with E-state index < -0.39 is 40.6 Å². The van der Waals surface area contributed by atoms with E-state index in [4.69, 9.17) is 4.74 Å². The minimum absolute atomic E-state index is 0.0544. The van der Waals surface area contributed by atoms with E-state index in [-0.39, 0.29) is 28.1 Å². The van der Waals surface area contributed by atoms with Gasteiger partial charge >= 0.3 is 5.97 Å². The first-order valence-electron chi connectivity index (χ1n) is 10.9. The highest BCUT2D eigenvalue weighted by Gasteiger charge is 2.30. The van der Waals surface area contributed by atoms with E-state index in [9.17, 15) is 32.6 Å². The maximum atomic E-state index is 14.7. The molecule has 1 fully saturated rings. The van der Waals surface area contributed by atoms with Crippen molar-refractivity contribution < 1.29 is 37.3 Å². The normalized spacial score (nSPS) is 14.5. The van der Waals surface area contributed by atoms with Crippen LogP contribution in [0.2, 0.25) is 0 Å². The van der Waals surface area contributed by atoms with E-state index in [0.717, 1.165) is 30.3 Å². The van der Waals surface area contributed by atoms with E-state index in [2.05, 4.69) is 0 Å². The van der Waals surface area contributed by atoms with Crippen LogP contribution in [-0.4, -0.2) is 34.0 Å². The maximum Gasteiger partial charge on any atom is 0.338 e. The van der Waals surface area contributed by atoms with E-state index >= 15 is 0 Å². The van der Waals surface area contributed by atoms with E-state index in [1.54, 1.807) is 4.57 Å². The van der Waals surface area contributed by atoms with E-state index in [1.807, 2.05) is 0 Å². The summed E-state index contributed by atoms with van der Waals surface area (Å²) in [6.45, 7) is 0.826. The first-order valence-corrected chi connectivity index (χ1v) is 10.9. The van der Waals surface area contributed by atoms with E-state index in [0.29, 0.717) is 37.3 Å². The number of hydrogen-bond acceptors (Lipinski definition) is 3. The van der Waals surface area contributed by atoms with Crippen LogP contribution in [0.4, 0.5) is 17.6 Å². The van der Waals surface area contributed by atoms with E-state index in [1.165, 1.54) is 18.2 Å². The van der Waals surface area contributed by atoms with Crippen molar-refractivity contribution in [2.45, 2.75) is 18.8 Å². The third-order valence-corrected chi connectivity index (χ3v) is 6.35. The molecule has 0 amide bonds. The maximum absolute atomic E-state index is 14.7. The predicted octanol–water partition coefficient (Wildman–Crippen LogP) is 6.15. The number of aromatic nitrogens is 1. The summed E-state index contributed by atoms with van der Waals surface area (Å²) in [6.07, 6.45) is 1.07. The highest BCUT2D eigenvalue weighted by molar-refractivity contribution is 6.04. The average molecular weight is 485 g/mol. The third-order valence-electron chi connectivity index (χ3n) is 6.35. The molecule has 1 aliphatic rings. The zero-order valence-corrected chi connectivity index (χ0v) is 18.2. The van der Waals surface area contributed by atoms with Crippen molar-refractivity contribution >= 4 is 16.9 Å². The lowest BCUT2D eigenvalue weighted by Gasteiger charge is -2.26. The van der Waals surface area contributed by atoms with Gasteiger partial charge in [-0.25, -0.2) is 22.4 Å². The number of rotatable bonds is 4. The second kappa shape index (κ2) is 8.74. The molecule has 5 rings (SSSR count). The number of hydrogen-bond donors (Lipinski definition) is 2. The van der Waals surface area contributed by atoms with Gasteiger partial charge < -0.3 is 19.5 Å². The summed E-state index contributed by atoms with van der Waals surface area (Å²) in [5.74, 6) is -6.40. The fourth-order valence-corrected chi connectivity index (χ4v) is 4.75. The highest BCUT2D eigenvalue weighted by atomic mass is 19.2. The molecule has 0 unspecified atom stereocenters. The lowest BCUT2D eigenvalue weighted by molar-refractivity contribution is 0.0692. The predicted molar refractivity (Wildman–Crippen MR) is 120 cm³/mol. The molecule has 0 bridgehead atoms. The SMILES string of the molecule is O=C(O)c1ccc(-c2c(C3CCOCC3)n(-c3ccc(F)c(F)c3)c3ccc(F)c(O)c23)cc1F. The van der Waals surface area contributed by atoms with Crippen LogP contribution in [-0.2, 0) is 4.74 Å². The molecule has 1 aliphatic heterocycles. The minimum atomic E-state index is -1.45. The van der Waals surface area contributed by atoms with Crippen molar-refractivity contribution in [3.8, 4) is 22.6 Å². The Morgan fingerprint density at radius 1 is 0.886 bits per heavy atom. The van der Waals surface area contributed by atoms with Crippen LogP contribution in [0, 0.1) is 23.3 Å². The number of carboxylic acids is 1. The molecule has 1 aromatic heterocycles. The molecule has 35 heavy (non-hydrogen) atoms. The number of carbonyl (C=O) groups is 1. The number of benzene rings is 3. The third kappa shape index (κ3) is 3.81. The number of aromatic hydroxyl groups is 1. The molecule has 2 heterocycles. The monoisotopic (exact) mass is 485 g/mol. The molecule has 4 aromatic rings. The van der Waals surface area contributed by atoms with Crippen LogP contribution in [0.25, 0.3) is 27.7 Å². The van der Waals surface area contributed by atoms with Crippen molar-refractivity contribution in [1.29, 1.82) is 0 Å². The quantitative estimate of drug-likeness (QED) is 0.340. The van der Waals surface area contributed by atoms with Gasteiger partial charge in [-0.05, 0) is 54.8 Å². The Hall–Kier alpha value is -3.85. The topological polar surface area (TPSA) is 71.7 Å². The fourth-order valence-electron chi connectivity index (χ4n) is 4.75. The molecule has 2 N–H and O–H groups in total. The summed E-state index contributed by atoms with van der Waals surface area (Å²) in [5.41, 5.74) is 1.01. The number of nitrogens with zero attached hydrogens (tertiary/aromatic N) is 1. The molecular formula is C26H19F4NO4. The first-order chi connectivity index (χ1) is 16.8. The molecule has 1 saturated heterocycles. The largest absolute Gasteiger partial charge is 0.504 e. The van der Waals surface area contributed by atoms with Gasteiger partial charge in [-0.15, -0.1) is 0 Å². The van der Waals surface area contributed by atoms with Gasteiger partial charge in [0, 0.05) is 42.1 Å². The number of aromatic carboxylic acids is 1. The molecule has 3 aromatic carbocycles. The summed E-state index contributed by atoms with van der Waals surface area (Å²) in [5, 5.41) is 20.0.